The van der Waals surface area contributed by atoms with Gasteiger partial charge in [0.05, 0.1) is 5.56 Å². The van der Waals surface area contributed by atoms with Crippen molar-refractivity contribution in [1.29, 1.82) is 0 Å². The highest BCUT2D eigenvalue weighted by Gasteiger charge is 2.19. The van der Waals surface area contributed by atoms with Gasteiger partial charge in [-0.25, -0.2) is 0 Å². The molecule has 0 bridgehead atoms. The molecule has 7 heteroatoms. The predicted octanol–water partition coefficient (Wildman–Crippen LogP) is 0.934. The quantitative estimate of drug-likeness (QED) is 0.855. The van der Waals surface area contributed by atoms with Gasteiger partial charge in [0.15, 0.2) is 0 Å². The van der Waals surface area contributed by atoms with Crippen LogP contribution in [0, 0.1) is 0 Å². The van der Waals surface area contributed by atoms with Crippen LogP contribution in [0.1, 0.15) is 10.4 Å². The Hall–Kier alpha value is -2.02. The molecular weight excluding hydrogens is 256 g/mol. The Kier molecular flexibility index (Phi) is 3.83. The van der Waals surface area contributed by atoms with Crippen molar-refractivity contribution in [2.75, 3.05) is 25.6 Å². The summed E-state index contributed by atoms with van der Waals surface area (Å²) in [5.74, 6) is -0.568. The van der Waals surface area contributed by atoms with Crippen LogP contribution in [0.5, 0.6) is 0 Å². The first-order valence-electron chi connectivity index (χ1n) is 5.28. The molecular formula is C11H12N2O4S. The summed E-state index contributed by atoms with van der Waals surface area (Å²) in [7, 11) is 1.53. The number of hydrogen-bond donors (Lipinski definition) is 2. The SMILES string of the molecule is CNC(=O)c1ccsc1NC(=O)C1=COCCO1. The smallest absolute Gasteiger partial charge is 0.294 e. The van der Waals surface area contributed by atoms with Gasteiger partial charge in [0, 0.05) is 7.05 Å². The van der Waals surface area contributed by atoms with Crippen LogP contribution in [0.15, 0.2) is 23.5 Å². The molecule has 0 aliphatic carbocycles. The Bertz CT molecular complexity index is 495. The lowest BCUT2D eigenvalue weighted by Gasteiger charge is -2.14. The van der Waals surface area contributed by atoms with Crippen LogP contribution in [-0.2, 0) is 14.3 Å². The van der Waals surface area contributed by atoms with E-state index in [2.05, 4.69) is 10.6 Å². The number of nitrogens with one attached hydrogen (secondary N) is 2. The summed E-state index contributed by atoms with van der Waals surface area (Å²) in [5, 5.41) is 7.34. The van der Waals surface area contributed by atoms with Crippen LogP contribution in [0.4, 0.5) is 5.00 Å². The summed E-state index contributed by atoms with van der Waals surface area (Å²) < 4.78 is 10.1. The third-order valence-corrected chi connectivity index (χ3v) is 3.07. The molecule has 0 unspecified atom stereocenters. The molecule has 0 aromatic carbocycles. The fourth-order valence-electron chi connectivity index (χ4n) is 1.37. The minimum absolute atomic E-state index is 0.109. The maximum absolute atomic E-state index is 11.8. The second-order valence-corrected chi connectivity index (χ2v) is 4.31. The fourth-order valence-corrected chi connectivity index (χ4v) is 2.15. The molecule has 1 aromatic heterocycles. The van der Waals surface area contributed by atoms with Gasteiger partial charge in [-0.3, -0.25) is 9.59 Å². The number of amides is 2. The van der Waals surface area contributed by atoms with Crippen molar-refractivity contribution in [1.82, 2.24) is 5.32 Å². The molecule has 18 heavy (non-hydrogen) atoms. The van der Waals surface area contributed by atoms with Crippen molar-refractivity contribution in [2.45, 2.75) is 0 Å². The third-order valence-electron chi connectivity index (χ3n) is 2.24. The van der Waals surface area contributed by atoms with E-state index in [9.17, 15) is 9.59 Å². The zero-order chi connectivity index (χ0) is 13.0. The monoisotopic (exact) mass is 268 g/mol. The standard InChI is InChI=1S/C11H12N2O4S/c1-12-9(14)7-2-5-18-11(7)13-10(15)8-6-16-3-4-17-8/h2,5-6H,3-4H2,1H3,(H,12,14)(H,13,15). The fraction of sp³-hybridized carbons (Fsp3) is 0.273. The molecule has 2 N–H and O–H groups in total. The second-order valence-electron chi connectivity index (χ2n) is 3.40. The molecule has 1 aliphatic rings. The largest absolute Gasteiger partial charge is 0.494 e. The van der Waals surface area contributed by atoms with Crippen molar-refractivity contribution in [3.05, 3.63) is 29.0 Å². The summed E-state index contributed by atoms with van der Waals surface area (Å²) in [6, 6.07) is 1.64. The Balaban J connectivity index is 2.09. The topological polar surface area (TPSA) is 76.7 Å². The van der Waals surface area contributed by atoms with Crippen molar-refractivity contribution >= 4 is 28.2 Å². The van der Waals surface area contributed by atoms with E-state index in [1.807, 2.05) is 0 Å². The van der Waals surface area contributed by atoms with Gasteiger partial charge in [-0.05, 0) is 11.4 Å². The number of carbonyl (C=O) groups is 2. The molecule has 0 spiro atoms. The van der Waals surface area contributed by atoms with Gasteiger partial charge in [0.25, 0.3) is 11.8 Å². The lowest BCUT2D eigenvalue weighted by atomic mass is 10.3. The van der Waals surface area contributed by atoms with Crippen LogP contribution in [0.3, 0.4) is 0 Å². The number of ether oxygens (including phenoxy) is 2. The summed E-state index contributed by atoms with van der Waals surface area (Å²) in [6.45, 7) is 0.769. The number of carbonyl (C=O) groups excluding carboxylic acids is 2. The van der Waals surface area contributed by atoms with Gasteiger partial charge in [-0.15, -0.1) is 11.3 Å². The highest BCUT2D eigenvalue weighted by Crippen LogP contribution is 2.24. The maximum atomic E-state index is 11.8. The molecule has 1 aromatic rings. The minimum Gasteiger partial charge on any atom is -0.494 e. The van der Waals surface area contributed by atoms with Gasteiger partial charge in [-0.2, -0.15) is 0 Å². The first-order chi connectivity index (χ1) is 8.72. The molecule has 0 saturated heterocycles. The zero-order valence-electron chi connectivity index (χ0n) is 9.69. The third kappa shape index (κ3) is 2.62. The van der Waals surface area contributed by atoms with Crippen molar-refractivity contribution in [3.8, 4) is 0 Å². The second kappa shape index (κ2) is 5.54. The Morgan fingerprint density at radius 1 is 1.33 bits per heavy atom. The van der Waals surface area contributed by atoms with E-state index in [0.29, 0.717) is 23.8 Å². The van der Waals surface area contributed by atoms with Crippen LogP contribution in [0.25, 0.3) is 0 Å². The van der Waals surface area contributed by atoms with E-state index in [-0.39, 0.29) is 11.7 Å². The van der Waals surface area contributed by atoms with Crippen LogP contribution >= 0.6 is 11.3 Å². The highest BCUT2D eigenvalue weighted by atomic mass is 32.1. The number of thiophene rings is 1. The molecule has 0 radical (unpaired) electrons. The summed E-state index contributed by atoms with van der Waals surface area (Å²) in [6.07, 6.45) is 1.27. The highest BCUT2D eigenvalue weighted by molar-refractivity contribution is 7.14. The Morgan fingerprint density at radius 2 is 2.17 bits per heavy atom. The summed E-state index contributed by atoms with van der Waals surface area (Å²) >= 11 is 1.27. The van der Waals surface area contributed by atoms with Gasteiger partial charge < -0.3 is 20.1 Å². The van der Waals surface area contributed by atoms with E-state index in [1.165, 1.54) is 24.6 Å². The van der Waals surface area contributed by atoms with E-state index < -0.39 is 5.91 Å². The van der Waals surface area contributed by atoms with Gasteiger partial charge in [0.2, 0.25) is 5.76 Å². The Morgan fingerprint density at radius 3 is 2.83 bits per heavy atom. The number of anilines is 1. The van der Waals surface area contributed by atoms with Crippen LogP contribution in [-0.4, -0.2) is 32.1 Å². The Labute approximate surface area is 108 Å². The van der Waals surface area contributed by atoms with Crippen molar-refractivity contribution in [2.24, 2.45) is 0 Å². The van der Waals surface area contributed by atoms with Gasteiger partial charge in [0.1, 0.15) is 24.5 Å². The van der Waals surface area contributed by atoms with Gasteiger partial charge in [-0.1, -0.05) is 0 Å². The average molecular weight is 268 g/mol. The van der Waals surface area contributed by atoms with E-state index >= 15 is 0 Å². The first kappa shape index (κ1) is 12.4. The normalized spacial score (nSPS) is 13.9. The number of rotatable bonds is 3. The minimum atomic E-state index is -0.428. The molecule has 2 amide bonds. The number of hydrogen-bond acceptors (Lipinski definition) is 5. The molecule has 2 heterocycles. The first-order valence-corrected chi connectivity index (χ1v) is 6.16. The van der Waals surface area contributed by atoms with Crippen LogP contribution in [0.2, 0.25) is 0 Å². The lowest BCUT2D eigenvalue weighted by Crippen LogP contribution is -2.23. The average Bonchev–Trinajstić information content (AvgIpc) is 2.87. The lowest BCUT2D eigenvalue weighted by molar-refractivity contribution is -0.117. The van der Waals surface area contributed by atoms with Crippen molar-refractivity contribution in [3.63, 3.8) is 0 Å². The molecule has 2 rings (SSSR count). The molecule has 0 saturated carbocycles. The molecule has 0 atom stereocenters. The zero-order valence-corrected chi connectivity index (χ0v) is 10.5. The maximum Gasteiger partial charge on any atom is 0.294 e. The van der Waals surface area contributed by atoms with Crippen LogP contribution < -0.4 is 10.6 Å². The molecule has 1 aliphatic heterocycles. The van der Waals surface area contributed by atoms with E-state index in [0.717, 1.165) is 0 Å². The molecule has 0 fully saturated rings. The summed E-state index contributed by atoms with van der Waals surface area (Å²) in [5.41, 5.74) is 0.424. The summed E-state index contributed by atoms with van der Waals surface area (Å²) in [4.78, 5) is 23.3. The van der Waals surface area contributed by atoms with E-state index in [4.69, 9.17) is 9.47 Å². The molecule has 96 valence electrons. The predicted molar refractivity (Wildman–Crippen MR) is 66.3 cm³/mol. The molecule has 6 nitrogen and oxygen atoms in total. The van der Waals surface area contributed by atoms with E-state index in [1.54, 1.807) is 11.4 Å². The van der Waals surface area contributed by atoms with Crippen molar-refractivity contribution < 1.29 is 19.1 Å². The van der Waals surface area contributed by atoms with Gasteiger partial charge >= 0.3 is 0 Å².